The first-order chi connectivity index (χ1) is 14.7. The van der Waals surface area contributed by atoms with E-state index in [4.69, 9.17) is 4.74 Å². The van der Waals surface area contributed by atoms with Gasteiger partial charge in [-0.2, -0.15) is 0 Å². The van der Waals surface area contributed by atoms with E-state index >= 15 is 0 Å². The lowest BCUT2D eigenvalue weighted by Crippen LogP contribution is -2.29. The van der Waals surface area contributed by atoms with Crippen molar-refractivity contribution in [1.82, 2.24) is 10.0 Å². The molecule has 1 aromatic rings. The molecule has 2 amide bonds. The molecule has 9 heteroatoms. The summed E-state index contributed by atoms with van der Waals surface area (Å²) in [4.78, 5) is 22.7. The molecular weight excluding hydrogens is 423 g/mol. The Morgan fingerprint density at radius 3 is 2.71 bits per heavy atom. The lowest BCUT2D eigenvalue weighted by molar-refractivity contribution is -0.125. The average Bonchev–Trinajstić information content (AvgIpc) is 2.98. The number of rotatable bonds is 11. The number of halogens is 1. The van der Waals surface area contributed by atoms with Gasteiger partial charge in [0, 0.05) is 12.5 Å². The van der Waals surface area contributed by atoms with Gasteiger partial charge in [-0.05, 0) is 56.2 Å². The highest BCUT2D eigenvalue weighted by atomic mass is 32.2. The van der Waals surface area contributed by atoms with Gasteiger partial charge in [0.2, 0.25) is 21.8 Å². The fourth-order valence-corrected chi connectivity index (χ4v) is 4.80. The van der Waals surface area contributed by atoms with E-state index in [1.807, 2.05) is 0 Å². The second kappa shape index (κ2) is 10.4. The third-order valence-corrected chi connectivity index (χ3v) is 7.20. The quantitative estimate of drug-likeness (QED) is 0.397. The van der Waals surface area contributed by atoms with Gasteiger partial charge in [-0.25, -0.2) is 17.5 Å². The van der Waals surface area contributed by atoms with E-state index < -0.39 is 21.9 Å². The van der Waals surface area contributed by atoms with Crippen molar-refractivity contribution in [1.29, 1.82) is 0 Å². The minimum absolute atomic E-state index is 0.115. The Balaban J connectivity index is 1.47. The Bertz CT molecular complexity index is 943. The van der Waals surface area contributed by atoms with Gasteiger partial charge in [0.05, 0.1) is 18.3 Å². The smallest absolute Gasteiger partial charge is 0.230 e. The third kappa shape index (κ3) is 6.87. The zero-order valence-electron chi connectivity index (χ0n) is 17.6. The van der Waals surface area contributed by atoms with E-state index in [0.717, 1.165) is 12.8 Å². The van der Waals surface area contributed by atoms with Gasteiger partial charge in [-0.1, -0.05) is 24.6 Å². The second-order valence-electron chi connectivity index (χ2n) is 8.27. The maximum absolute atomic E-state index is 14.0. The summed E-state index contributed by atoms with van der Waals surface area (Å²) < 4.78 is 47.0. The number of amides is 2. The molecule has 1 heterocycles. The summed E-state index contributed by atoms with van der Waals surface area (Å²) in [6, 6.07) is 3.86. The molecular formula is C22H29FN2O5S. The topological polar surface area (TPSA) is 102 Å². The molecule has 7 nitrogen and oxygen atoms in total. The molecule has 1 saturated heterocycles. The molecule has 0 radical (unpaired) electrons. The van der Waals surface area contributed by atoms with Crippen molar-refractivity contribution >= 4 is 21.8 Å². The first-order valence-electron chi connectivity index (χ1n) is 10.6. The maximum Gasteiger partial charge on any atom is 0.230 e. The molecule has 0 aromatic heterocycles. The number of nitrogens with one attached hydrogen (secondary N) is 2. The molecule has 1 aliphatic heterocycles. The van der Waals surface area contributed by atoms with Crippen LogP contribution in [0, 0.1) is 17.7 Å². The maximum atomic E-state index is 14.0. The molecule has 170 valence electrons. The highest BCUT2D eigenvalue weighted by Gasteiger charge is 2.29. The van der Waals surface area contributed by atoms with Crippen LogP contribution >= 0.6 is 0 Å². The largest absolute Gasteiger partial charge is 0.490 e. The van der Waals surface area contributed by atoms with Crippen LogP contribution in [0.2, 0.25) is 0 Å². The minimum atomic E-state index is -3.56. The zero-order valence-corrected chi connectivity index (χ0v) is 18.4. The van der Waals surface area contributed by atoms with E-state index in [-0.39, 0.29) is 42.1 Å². The molecule has 1 saturated carbocycles. The van der Waals surface area contributed by atoms with Crippen molar-refractivity contribution in [3.05, 3.63) is 41.7 Å². The summed E-state index contributed by atoms with van der Waals surface area (Å²) in [7, 11) is -3.56. The first kappa shape index (κ1) is 23.4. The van der Waals surface area contributed by atoms with Crippen LogP contribution in [0.4, 0.5) is 4.39 Å². The second-order valence-corrected chi connectivity index (χ2v) is 10.1. The standard InChI is InChI=1S/C22H29FN2O5S/c1-15(17-9-10-19(23)20(12-17)30-14-16-6-5-7-16)25-31(28,29)11-4-2-3-8-18-13-21(26)24-22(18)27/h2-3,9-10,12,15-16,18,25H,4-8,11,13-14H2,1H3,(H,24,26,27)/b3-2+/t15-,18?/m1/s1. The summed E-state index contributed by atoms with van der Waals surface area (Å²) in [5, 5.41) is 2.25. The van der Waals surface area contributed by atoms with E-state index in [9.17, 15) is 22.4 Å². The van der Waals surface area contributed by atoms with Crippen LogP contribution < -0.4 is 14.8 Å². The third-order valence-electron chi connectivity index (χ3n) is 5.72. The van der Waals surface area contributed by atoms with Gasteiger partial charge in [0.15, 0.2) is 11.6 Å². The summed E-state index contributed by atoms with van der Waals surface area (Å²) in [5.41, 5.74) is 0.626. The van der Waals surface area contributed by atoms with E-state index in [0.29, 0.717) is 24.5 Å². The Hall–Kier alpha value is -2.26. The van der Waals surface area contributed by atoms with Crippen molar-refractivity contribution in [2.45, 2.75) is 51.5 Å². The fraction of sp³-hybridized carbons (Fsp3) is 0.545. The summed E-state index contributed by atoms with van der Waals surface area (Å²) in [6.45, 7) is 2.18. The molecule has 2 atom stereocenters. The zero-order chi connectivity index (χ0) is 22.4. The first-order valence-corrected chi connectivity index (χ1v) is 12.3. The lowest BCUT2D eigenvalue weighted by Gasteiger charge is -2.25. The van der Waals surface area contributed by atoms with Crippen LogP contribution in [0.3, 0.4) is 0 Å². The molecule has 1 aliphatic carbocycles. The fourth-order valence-electron chi connectivity index (χ4n) is 3.56. The predicted molar refractivity (Wildman–Crippen MR) is 114 cm³/mol. The Morgan fingerprint density at radius 1 is 1.29 bits per heavy atom. The Kier molecular flexibility index (Phi) is 7.83. The van der Waals surface area contributed by atoms with Crippen molar-refractivity contribution in [3.63, 3.8) is 0 Å². The van der Waals surface area contributed by atoms with Crippen molar-refractivity contribution in [2.24, 2.45) is 11.8 Å². The number of carbonyl (C=O) groups is 2. The van der Waals surface area contributed by atoms with Crippen LogP contribution in [0.1, 0.15) is 57.1 Å². The van der Waals surface area contributed by atoms with Gasteiger partial charge in [0.25, 0.3) is 0 Å². The van der Waals surface area contributed by atoms with Crippen molar-refractivity contribution in [3.8, 4) is 5.75 Å². The highest BCUT2D eigenvalue weighted by molar-refractivity contribution is 7.89. The van der Waals surface area contributed by atoms with Crippen LogP contribution in [0.15, 0.2) is 30.4 Å². The number of sulfonamides is 1. The number of hydrogen-bond donors (Lipinski definition) is 2. The van der Waals surface area contributed by atoms with Crippen LogP contribution in [-0.2, 0) is 19.6 Å². The molecule has 3 rings (SSSR count). The average molecular weight is 453 g/mol. The summed E-state index contributed by atoms with van der Waals surface area (Å²) in [6.07, 6.45) is 7.66. The molecule has 1 unspecified atom stereocenters. The minimum Gasteiger partial charge on any atom is -0.490 e. The molecule has 0 bridgehead atoms. The van der Waals surface area contributed by atoms with Gasteiger partial charge in [0.1, 0.15) is 0 Å². The van der Waals surface area contributed by atoms with Crippen LogP contribution in [0.25, 0.3) is 0 Å². The summed E-state index contributed by atoms with van der Waals surface area (Å²) >= 11 is 0. The normalized spacial score (nSPS) is 20.6. The van der Waals surface area contributed by atoms with Gasteiger partial charge >= 0.3 is 0 Å². The van der Waals surface area contributed by atoms with Gasteiger partial charge in [-0.15, -0.1) is 0 Å². The predicted octanol–water partition coefficient (Wildman–Crippen LogP) is 2.98. The van der Waals surface area contributed by atoms with Gasteiger partial charge in [-0.3, -0.25) is 14.9 Å². The number of imide groups is 1. The van der Waals surface area contributed by atoms with Crippen LogP contribution in [0.5, 0.6) is 5.75 Å². The van der Waals surface area contributed by atoms with Crippen LogP contribution in [-0.4, -0.2) is 32.6 Å². The monoisotopic (exact) mass is 452 g/mol. The number of ether oxygens (including phenoxy) is 1. The number of benzene rings is 1. The van der Waals surface area contributed by atoms with E-state index in [2.05, 4.69) is 10.0 Å². The van der Waals surface area contributed by atoms with Gasteiger partial charge < -0.3 is 4.74 Å². The van der Waals surface area contributed by atoms with Crippen molar-refractivity contribution < 1.29 is 27.1 Å². The molecule has 31 heavy (non-hydrogen) atoms. The Labute approximate surface area is 182 Å². The molecule has 2 aliphatic rings. The highest BCUT2D eigenvalue weighted by Crippen LogP contribution is 2.29. The molecule has 0 spiro atoms. The summed E-state index contributed by atoms with van der Waals surface area (Å²) in [5.74, 6) is -0.896. The molecule has 2 fully saturated rings. The lowest BCUT2D eigenvalue weighted by atomic mass is 9.86. The van der Waals surface area contributed by atoms with E-state index in [1.54, 1.807) is 31.2 Å². The number of hydrogen-bond acceptors (Lipinski definition) is 5. The van der Waals surface area contributed by atoms with E-state index in [1.165, 1.54) is 12.5 Å². The Morgan fingerprint density at radius 2 is 2.06 bits per heavy atom. The SMILES string of the molecule is C[C@@H](NS(=O)(=O)CC/C=C/CC1CC(=O)NC1=O)c1ccc(F)c(OCC2CCC2)c1. The molecule has 1 aromatic carbocycles. The number of allylic oxidation sites excluding steroid dienone is 2. The van der Waals surface area contributed by atoms with Crippen molar-refractivity contribution in [2.75, 3.05) is 12.4 Å². The number of carbonyl (C=O) groups excluding carboxylic acids is 2. The molecule has 2 N–H and O–H groups in total.